The van der Waals surface area contributed by atoms with Gasteiger partial charge in [-0.25, -0.2) is 4.98 Å². The molecule has 0 spiro atoms. The van der Waals surface area contributed by atoms with E-state index in [2.05, 4.69) is 24.0 Å². The zero-order valence-corrected chi connectivity index (χ0v) is 11.2. The van der Waals surface area contributed by atoms with Gasteiger partial charge in [0.25, 0.3) is 0 Å². The lowest BCUT2D eigenvalue weighted by atomic mass is 10.3. The van der Waals surface area contributed by atoms with Crippen molar-refractivity contribution in [2.24, 2.45) is 0 Å². The third-order valence-corrected chi connectivity index (χ3v) is 4.18. The SMILES string of the molecule is CCc1ccc(-c2cn3cccc(OC)c3n2)s1. The second-order valence-corrected chi connectivity index (χ2v) is 5.22. The molecule has 0 aromatic carbocycles. The highest BCUT2D eigenvalue weighted by atomic mass is 32.1. The predicted molar refractivity (Wildman–Crippen MR) is 74.4 cm³/mol. The number of methoxy groups -OCH3 is 1. The van der Waals surface area contributed by atoms with Gasteiger partial charge in [0.15, 0.2) is 11.4 Å². The molecule has 0 aliphatic carbocycles. The van der Waals surface area contributed by atoms with Crippen molar-refractivity contribution in [1.82, 2.24) is 9.38 Å². The lowest BCUT2D eigenvalue weighted by molar-refractivity contribution is 0.417. The molecule has 0 radical (unpaired) electrons. The molecule has 3 aromatic rings. The van der Waals surface area contributed by atoms with Gasteiger partial charge in [0.1, 0.15) is 0 Å². The number of thiophene rings is 1. The summed E-state index contributed by atoms with van der Waals surface area (Å²) in [5.74, 6) is 0.802. The highest BCUT2D eigenvalue weighted by Crippen LogP contribution is 2.29. The van der Waals surface area contributed by atoms with E-state index in [9.17, 15) is 0 Å². The third-order valence-electron chi connectivity index (χ3n) is 2.93. The third kappa shape index (κ3) is 1.78. The van der Waals surface area contributed by atoms with E-state index in [0.29, 0.717) is 0 Å². The van der Waals surface area contributed by atoms with Crippen LogP contribution in [0.5, 0.6) is 5.75 Å². The van der Waals surface area contributed by atoms with Crippen LogP contribution in [0.4, 0.5) is 0 Å². The molecule has 0 bridgehead atoms. The number of fused-ring (bicyclic) bond motifs is 1. The molecule has 0 unspecified atom stereocenters. The van der Waals surface area contributed by atoms with Crippen LogP contribution in [0.15, 0.2) is 36.7 Å². The van der Waals surface area contributed by atoms with Crippen LogP contribution in [0, 0.1) is 0 Å². The second kappa shape index (κ2) is 4.46. The van der Waals surface area contributed by atoms with Crippen molar-refractivity contribution in [3.8, 4) is 16.3 Å². The Morgan fingerprint density at radius 2 is 2.22 bits per heavy atom. The number of nitrogens with zero attached hydrogens (tertiary/aromatic N) is 2. The maximum atomic E-state index is 5.32. The number of ether oxygens (including phenoxy) is 1. The number of aryl methyl sites for hydroxylation is 1. The summed E-state index contributed by atoms with van der Waals surface area (Å²) in [6.07, 6.45) is 5.10. The lowest BCUT2D eigenvalue weighted by Gasteiger charge is -1.99. The number of rotatable bonds is 3. The highest BCUT2D eigenvalue weighted by molar-refractivity contribution is 7.15. The molecule has 0 aliphatic heterocycles. The topological polar surface area (TPSA) is 26.5 Å². The molecule has 0 aliphatic rings. The van der Waals surface area contributed by atoms with E-state index in [1.54, 1.807) is 18.4 Å². The lowest BCUT2D eigenvalue weighted by Crippen LogP contribution is -1.88. The molecule has 3 heterocycles. The maximum absolute atomic E-state index is 5.32. The summed E-state index contributed by atoms with van der Waals surface area (Å²) >= 11 is 1.80. The first-order chi connectivity index (χ1) is 8.81. The van der Waals surface area contributed by atoms with E-state index in [4.69, 9.17) is 4.74 Å². The summed E-state index contributed by atoms with van der Waals surface area (Å²) in [5, 5.41) is 0. The Morgan fingerprint density at radius 3 is 2.94 bits per heavy atom. The van der Waals surface area contributed by atoms with Gasteiger partial charge in [-0.15, -0.1) is 11.3 Å². The molecule has 0 amide bonds. The van der Waals surface area contributed by atoms with Gasteiger partial charge in [0.05, 0.1) is 17.7 Å². The van der Waals surface area contributed by atoms with Crippen LogP contribution in [0.25, 0.3) is 16.2 Å². The van der Waals surface area contributed by atoms with Crippen LogP contribution in [0.3, 0.4) is 0 Å². The fraction of sp³-hybridized carbons (Fsp3) is 0.214. The first-order valence-electron chi connectivity index (χ1n) is 5.92. The molecule has 0 atom stereocenters. The fourth-order valence-electron chi connectivity index (χ4n) is 1.97. The first kappa shape index (κ1) is 11.3. The highest BCUT2D eigenvalue weighted by Gasteiger charge is 2.09. The molecule has 0 saturated carbocycles. The Morgan fingerprint density at radius 1 is 1.33 bits per heavy atom. The number of imidazole rings is 1. The maximum Gasteiger partial charge on any atom is 0.180 e. The molecule has 0 saturated heterocycles. The molecule has 3 nitrogen and oxygen atoms in total. The minimum atomic E-state index is 0.802. The average molecular weight is 258 g/mol. The summed E-state index contributed by atoms with van der Waals surface area (Å²) in [7, 11) is 1.67. The Bertz CT molecular complexity index is 684. The van der Waals surface area contributed by atoms with Gasteiger partial charge in [0, 0.05) is 17.3 Å². The molecule has 3 rings (SSSR count). The van der Waals surface area contributed by atoms with Crippen molar-refractivity contribution in [3.05, 3.63) is 41.5 Å². The molecule has 0 N–H and O–H groups in total. The number of hydrogen-bond acceptors (Lipinski definition) is 3. The number of aromatic nitrogens is 2. The van der Waals surface area contributed by atoms with E-state index in [1.807, 2.05) is 28.9 Å². The molecule has 3 aromatic heterocycles. The summed E-state index contributed by atoms with van der Waals surface area (Å²) in [6.45, 7) is 2.17. The Labute approximate surface area is 110 Å². The van der Waals surface area contributed by atoms with Crippen molar-refractivity contribution in [2.45, 2.75) is 13.3 Å². The summed E-state index contributed by atoms with van der Waals surface area (Å²) in [4.78, 5) is 7.24. The summed E-state index contributed by atoms with van der Waals surface area (Å²) in [6, 6.07) is 8.19. The standard InChI is InChI=1S/C14H14N2OS/c1-3-10-6-7-13(18-10)11-9-16-8-4-5-12(17-2)14(16)15-11/h4-9H,3H2,1-2H3. The number of pyridine rings is 1. The van der Waals surface area contributed by atoms with Gasteiger partial charge >= 0.3 is 0 Å². The van der Waals surface area contributed by atoms with E-state index in [1.165, 1.54) is 9.75 Å². The largest absolute Gasteiger partial charge is 0.493 e. The zero-order chi connectivity index (χ0) is 12.5. The summed E-state index contributed by atoms with van der Waals surface area (Å²) in [5.41, 5.74) is 1.87. The molecule has 92 valence electrons. The molecule has 4 heteroatoms. The van der Waals surface area contributed by atoms with Gasteiger partial charge in [0.2, 0.25) is 0 Å². The van der Waals surface area contributed by atoms with Gasteiger partial charge in [-0.3, -0.25) is 0 Å². The van der Waals surface area contributed by atoms with Crippen LogP contribution in [0.1, 0.15) is 11.8 Å². The van der Waals surface area contributed by atoms with Crippen molar-refractivity contribution in [1.29, 1.82) is 0 Å². The van der Waals surface area contributed by atoms with E-state index < -0.39 is 0 Å². The zero-order valence-electron chi connectivity index (χ0n) is 10.4. The molecule has 0 fully saturated rings. The van der Waals surface area contributed by atoms with E-state index >= 15 is 0 Å². The van der Waals surface area contributed by atoms with Crippen LogP contribution in [-0.2, 0) is 6.42 Å². The summed E-state index contributed by atoms with van der Waals surface area (Å²) < 4.78 is 7.32. The van der Waals surface area contributed by atoms with Crippen molar-refractivity contribution in [3.63, 3.8) is 0 Å². The second-order valence-electron chi connectivity index (χ2n) is 4.05. The van der Waals surface area contributed by atoms with Crippen LogP contribution < -0.4 is 4.74 Å². The predicted octanol–water partition coefficient (Wildman–Crippen LogP) is 3.63. The van der Waals surface area contributed by atoms with E-state index in [0.717, 1.165) is 23.5 Å². The van der Waals surface area contributed by atoms with Crippen LogP contribution in [0.2, 0.25) is 0 Å². The average Bonchev–Trinajstić information content (AvgIpc) is 3.03. The minimum absolute atomic E-state index is 0.802. The first-order valence-corrected chi connectivity index (χ1v) is 6.74. The van der Waals surface area contributed by atoms with Gasteiger partial charge in [-0.2, -0.15) is 0 Å². The number of hydrogen-bond donors (Lipinski definition) is 0. The smallest absolute Gasteiger partial charge is 0.180 e. The van der Waals surface area contributed by atoms with Gasteiger partial charge < -0.3 is 9.14 Å². The minimum Gasteiger partial charge on any atom is -0.493 e. The Kier molecular flexibility index (Phi) is 2.80. The van der Waals surface area contributed by atoms with Crippen LogP contribution >= 0.6 is 11.3 Å². The Hall–Kier alpha value is -1.81. The quantitative estimate of drug-likeness (QED) is 0.717. The van der Waals surface area contributed by atoms with Gasteiger partial charge in [-0.1, -0.05) is 6.92 Å². The van der Waals surface area contributed by atoms with Crippen molar-refractivity contribution in [2.75, 3.05) is 7.11 Å². The van der Waals surface area contributed by atoms with Crippen molar-refractivity contribution < 1.29 is 4.74 Å². The van der Waals surface area contributed by atoms with Crippen molar-refractivity contribution >= 4 is 17.0 Å². The monoisotopic (exact) mass is 258 g/mol. The van der Waals surface area contributed by atoms with Gasteiger partial charge in [-0.05, 0) is 30.7 Å². The normalized spacial score (nSPS) is 11.0. The fourth-order valence-corrected chi connectivity index (χ4v) is 2.87. The van der Waals surface area contributed by atoms with Crippen LogP contribution in [-0.4, -0.2) is 16.5 Å². The molecule has 18 heavy (non-hydrogen) atoms. The van der Waals surface area contributed by atoms with E-state index in [-0.39, 0.29) is 0 Å². The molecular formula is C14H14N2OS. The molecular weight excluding hydrogens is 244 g/mol. The Balaban J connectivity index is 2.13.